The highest BCUT2D eigenvalue weighted by Crippen LogP contribution is 2.19. The predicted molar refractivity (Wildman–Crippen MR) is 65.4 cm³/mol. The van der Waals surface area contributed by atoms with Gasteiger partial charge in [-0.3, -0.25) is 4.68 Å². The van der Waals surface area contributed by atoms with Crippen LogP contribution in [0, 0.1) is 0 Å². The lowest BCUT2D eigenvalue weighted by atomic mass is 10.1. The van der Waals surface area contributed by atoms with E-state index in [1.807, 2.05) is 24.1 Å². The number of hydrogen-bond acceptors (Lipinski definition) is 4. The molecule has 2 rings (SSSR count). The van der Waals surface area contributed by atoms with Gasteiger partial charge in [0.15, 0.2) is 5.82 Å². The number of hydrogen-bond donors (Lipinski definition) is 1. The third-order valence-electron chi connectivity index (χ3n) is 2.72. The maximum absolute atomic E-state index is 5.80. The number of nitrogens with zero attached hydrogens (tertiary/aromatic N) is 5. The topological polar surface area (TPSA) is 74.6 Å². The molecule has 0 aliphatic carbocycles. The van der Waals surface area contributed by atoms with Gasteiger partial charge in [0.25, 0.3) is 0 Å². The van der Waals surface area contributed by atoms with E-state index < -0.39 is 0 Å². The first-order chi connectivity index (χ1) is 8.08. The third-order valence-corrected chi connectivity index (χ3v) is 2.72. The molecule has 0 aliphatic rings. The maximum atomic E-state index is 5.80. The van der Waals surface area contributed by atoms with Crippen molar-refractivity contribution in [1.82, 2.24) is 24.8 Å². The van der Waals surface area contributed by atoms with Crippen LogP contribution in [0.1, 0.15) is 31.0 Å². The molecule has 2 N–H and O–H groups in total. The standard InChI is InChI=1S/C11H18N6/c1-8(2)10-11(12)14-15-17(10)5-4-9-6-13-16(3)7-9/h6-8H,4-5,12H2,1-3H3. The Balaban J connectivity index is 2.09. The van der Waals surface area contributed by atoms with Gasteiger partial charge in [0.05, 0.1) is 11.9 Å². The van der Waals surface area contributed by atoms with Crippen LogP contribution in [0.25, 0.3) is 0 Å². The molecular formula is C11H18N6. The molecule has 6 heteroatoms. The van der Waals surface area contributed by atoms with E-state index >= 15 is 0 Å². The van der Waals surface area contributed by atoms with E-state index in [4.69, 9.17) is 5.73 Å². The van der Waals surface area contributed by atoms with E-state index in [1.54, 1.807) is 4.68 Å². The van der Waals surface area contributed by atoms with Gasteiger partial charge in [-0.15, -0.1) is 5.10 Å². The van der Waals surface area contributed by atoms with Gasteiger partial charge in [-0.2, -0.15) is 5.10 Å². The Morgan fingerprint density at radius 2 is 2.18 bits per heavy atom. The Hall–Kier alpha value is -1.85. The molecule has 6 nitrogen and oxygen atoms in total. The molecule has 92 valence electrons. The highest BCUT2D eigenvalue weighted by Gasteiger charge is 2.13. The van der Waals surface area contributed by atoms with Gasteiger partial charge in [-0.25, -0.2) is 4.68 Å². The molecule has 0 spiro atoms. The van der Waals surface area contributed by atoms with Crippen LogP contribution in [0.2, 0.25) is 0 Å². The molecule has 17 heavy (non-hydrogen) atoms. The van der Waals surface area contributed by atoms with Crippen molar-refractivity contribution < 1.29 is 0 Å². The molecule has 0 atom stereocenters. The fraction of sp³-hybridized carbons (Fsp3) is 0.545. The second-order valence-corrected chi connectivity index (χ2v) is 4.51. The van der Waals surface area contributed by atoms with Crippen molar-refractivity contribution in [2.75, 3.05) is 5.73 Å². The summed E-state index contributed by atoms with van der Waals surface area (Å²) in [6.45, 7) is 4.97. The Kier molecular flexibility index (Phi) is 3.12. The summed E-state index contributed by atoms with van der Waals surface area (Å²) in [5.41, 5.74) is 8.00. The third kappa shape index (κ3) is 2.46. The normalized spacial score (nSPS) is 11.3. The first kappa shape index (κ1) is 11.6. The van der Waals surface area contributed by atoms with Crippen molar-refractivity contribution in [3.05, 3.63) is 23.7 Å². The number of nitrogens with two attached hydrogens (primary N) is 1. The zero-order chi connectivity index (χ0) is 12.4. The lowest BCUT2D eigenvalue weighted by molar-refractivity contribution is 0.550. The fourth-order valence-corrected chi connectivity index (χ4v) is 1.93. The van der Waals surface area contributed by atoms with E-state index in [0.29, 0.717) is 11.7 Å². The lowest BCUT2D eigenvalue weighted by Gasteiger charge is -2.08. The Morgan fingerprint density at radius 1 is 1.41 bits per heavy atom. The Bertz CT molecular complexity index is 496. The van der Waals surface area contributed by atoms with E-state index in [-0.39, 0.29) is 0 Å². The van der Waals surface area contributed by atoms with E-state index in [9.17, 15) is 0 Å². The summed E-state index contributed by atoms with van der Waals surface area (Å²) in [7, 11) is 1.91. The predicted octanol–water partition coefficient (Wildman–Crippen LogP) is 0.960. The SMILES string of the molecule is CC(C)c1c(N)nnn1CCc1cnn(C)c1. The van der Waals surface area contributed by atoms with E-state index in [2.05, 4.69) is 29.3 Å². The second kappa shape index (κ2) is 4.57. The lowest BCUT2D eigenvalue weighted by Crippen LogP contribution is -2.09. The zero-order valence-corrected chi connectivity index (χ0v) is 10.5. The number of aromatic nitrogens is 5. The van der Waals surface area contributed by atoms with Gasteiger partial charge in [-0.1, -0.05) is 19.1 Å². The molecular weight excluding hydrogens is 216 g/mol. The molecule has 0 aromatic carbocycles. The van der Waals surface area contributed by atoms with Crippen LogP contribution in [-0.2, 0) is 20.0 Å². The average molecular weight is 234 g/mol. The molecule has 0 saturated heterocycles. The monoisotopic (exact) mass is 234 g/mol. The van der Waals surface area contributed by atoms with E-state index in [1.165, 1.54) is 5.56 Å². The number of anilines is 1. The highest BCUT2D eigenvalue weighted by atomic mass is 15.4. The van der Waals surface area contributed by atoms with Gasteiger partial charge >= 0.3 is 0 Å². The largest absolute Gasteiger partial charge is 0.381 e. The van der Waals surface area contributed by atoms with Crippen molar-refractivity contribution in [1.29, 1.82) is 0 Å². The van der Waals surface area contributed by atoms with Crippen molar-refractivity contribution >= 4 is 5.82 Å². The van der Waals surface area contributed by atoms with Crippen molar-refractivity contribution in [2.24, 2.45) is 7.05 Å². The van der Waals surface area contributed by atoms with Crippen LogP contribution >= 0.6 is 0 Å². The summed E-state index contributed by atoms with van der Waals surface area (Å²) in [5.74, 6) is 0.866. The molecule has 0 aliphatic heterocycles. The minimum absolute atomic E-state index is 0.332. The van der Waals surface area contributed by atoms with Crippen LogP contribution < -0.4 is 5.73 Å². The number of rotatable bonds is 4. The average Bonchev–Trinajstić information content (AvgIpc) is 2.82. The van der Waals surface area contributed by atoms with Crippen molar-refractivity contribution in [2.45, 2.75) is 32.7 Å². The molecule has 2 heterocycles. The van der Waals surface area contributed by atoms with Crippen LogP contribution in [0.3, 0.4) is 0 Å². The molecule has 0 fully saturated rings. The van der Waals surface area contributed by atoms with Gasteiger partial charge in [0.2, 0.25) is 0 Å². The smallest absolute Gasteiger partial charge is 0.169 e. The summed E-state index contributed by atoms with van der Waals surface area (Å²) in [6, 6.07) is 0. The quantitative estimate of drug-likeness (QED) is 0.855. The molecule has 0 unspecified atom stereocenters. The maximum Gasteiger partial charge on any atom is 0.169 e. The minimum atomic E-state index is 0.332. The van der Waals surface area contributed by atoms with Crippen LogP contribution in [0.5, 0.6) is 0 Å². The summed E-state index contributed by atoms with van der Waals surface area (Å²) in [6.07, 6.45) is 4.76. The van der Waals surface area contributed by atoms with Crippen molar-refractivity contribution in [3.63, 3.8) is 0 Å². The fourth-order valence-electron chi connectivity index (χ4n) is 1.93. The summed E-state index contributed by atoms with van der Waals surface area (Å²) in [5, 5.41) is 12.1. The molecule has 0 saturated carbocycles. The molecule has 2 aromatic heterocycles. The Morgan fingerprint density at radius 3 is 2.76 bits per heavy atom. The van der Waals surface area contributed by atoms with E-state index in [0.717, 1.165) is 18.7 Å². The highest BCUT2D eigenvalue weighted by molar-refractivity contribution is 5.35. The Labute approximate surface area is 100 Å². The van der Waals surface area contributed by atoms with Gasteiger partial charge in [0, 0.05) is 19.8 Å². The van der Waals surface area contributed by atoms with Gasteiger partial charge in [0.1, 0.15) is 0 Å². The summed E-state index contributed by atoms with van der Waals surface area (Å²) >= 11 is 0. The summed E-state index contributed by atoms with van der Waals surface area (Å²) in [4.78, 5) is 0. The first-order valence-corrected chi connectivity index (χ1v) is 5.74. The van der Waals surface area contributed by atoms with Gasteiger partial charge < -0.3 is 5.73 Å². The zero-order valence-electron chi connectivity index (χ0n) is 10.5. The molecule has 2 aromatic rings. The number of aryl methyl sites for hydroxylation is 3. The number of nitrogen functional groups attached to an aromatic ring is 1. The van der Waals surface area contributed by atoms with Crippen molar-refractivity contribution in [3.8, 4) is 0 Å². The molecule has 0 amide bonds. The van der Waals surface area contributed by atoms with Crippen LogP contribution in [0.15, 0.2) is 12.4 Å². The minimum Gasteiger partial charge on any atom is -0.381 e. The van der Waals surface area contributed by atoms with Gasteiger partial charge in [-0.05, 0) is 17.9 Å². The first-order valence-electron chi connectivity index (χ1n) is 5.74. The van der Waals surface area contributed by atoms with Crippen LogP contribution in [-0.4, -0.2) is 24.8 Å². The molecule has 0 radical (unpaired) electrons. The molecule has 0 bridgehead atoms. The van der Waals surface area contributed by atoms with Crippen LogP contribution in [0.4, 0.5) is 5.82 Å². The second-order valence-electron chi connectivity index (χ2n) is 4.51. The summed E-state index contributed by atoms with van der Waals surface area (Å²) < 4.78 is 3.68.